The van der Waals surface area contributed by atoms with Crippen molar-refractivity contribution in [2.75, 3.05) is 18.0 Å². The standard InChI is InChI=1S/C36H35F2N7O3/c1-22(2)43-15-10-25(11-16-43)44-21-23(19-42-44)30-18-31-28(20-41-30)32(9-14-40-31)48-33-8-7-27(17-29(33)38)45(26-5-3-24(37)4-6-26)35(47)36(12-13-36)34(39)46/h3-9,14,17-22,25H,10-13,15-16H2,1-2H3,(H2,39,46). The van der Waals surface area contributed by atoms with Gasteiger partial charge in [0.1, 0.15) is 17.0 Å². The molecule has 5 aromatic rings. The second kappa shape index (κ2) is 12.4. The summed E-state index contributed by atoms with van der Waals surface area (Å²) in [7, 11) is 0. The molecular formula is C36H35F2N7O3. The molecule has 3 aromatic heterocycles. The van der Waals surface area contributed by atoms with Crippen molar-refractivity contribution in [3.05, 3.63) is 91.0 Å². The topological polar surface area (TPSA) is 119 Å². The van der Waals surface area contributed by atoms with Crippen LogP contribution in [0.4, 0.5) is 20.2 Å². The normalized spacial score (nSPS) is 16.3. The van der Waals surface area contributed by atoms with Gasteiger partial charge in [-0.05, 0) is 88.1 Å². The lowest BCUT2D eigenvalue weighted by molar-refractivity contribution is -0.133. The Morgan fingerprint density at radius 1 is 0.958 bits per heavy atom. The molecule has 48 heavy (non-hydrogen) atoms. The number of anilines is 2. The van der Waals surface area contributed by atoms with E-state index in [1.54, 1.807) is 18.5 Å². The maximum atomic E-state index is 15.7. The van der Waals surface area contributed by atoms with Gasteiger partial charge in [0.15, 0.2) is 11.6 Å². The number of hydrogen-bond acceptors (Lipinski definition) is 7. The molecule has 246 valence electrons. The van der Waals surface area contributed by atoms with Gasteiger partial charge in [0.25, 0.3) is 0 Å². The van der Waals surface area contributed by atoms with Gasteiger partial charge in [-0.3, -0.25) is 29.1 Å². The fourth-order valence-electron chi connectivity index (χ4n) is 6.31. The molecule has 1 saturated heterocycles. The second-order valence-electron chi connectivity index (χ2n) is 12.7. The molecule has 0 unspecified atom stereocenters. The van der Waals surface area contributed by atoms with E-state index in [-0.39, 0.29) is 30.0 Å². The van der Waals surface area contributed by atoms with Crippen LogP contribution in [-0.4, -0.2) is 55.6 Å². The quantitative estimate of drug-likeness (QED) is 0.180. The van der Waals surface area contributed by atoms with Gasteiger partial charge in [-0.15, -0.1) is 0 Å². The number of piperidine rings is 1. The molecule has 0 radical (unpaired) electrons. The third-order valence-corrected chi connectivity index (χ3v) is 9.40. The van der Waals surface area contributed by atoms with Crippen LogP contribution in [0.5, 0.6) is 11.5 Å². The minimum Gasteiger partial charge on any atom is -0.453 e. The average Bonchev–Trinajstić information content (AvgIpc) is 3.77. The van der Waals surface area contributed by atoms with Gasteiger partial charge in [-0.2, -0.15) is 5.10 Å². The molecule has 2 fully saturated rings. The number of ether oxygens (including phenoxy) is 1. The van der Waals surface area contributed by atoms with Gasteiger partial charge in [0.2, 0.25) is 11.8 Å². The maximum absolute atomic E-state index is 15.7. The summed E-state index contributed by atoms with van der Waals surface area (Å²) in [5.74, 6) is -2.36. The first-order valence-corrected chi connectivity index (χ1v) is 16.0. The number of halogens is 2. The fourth-order valence-corrected chi connectivity index (χ4v) is 6.31. The van der Waals surface area contributed by atoms with Crippen molar-refractivity contribution >= 4 is 34.1 Å². The Balaban J connectivity index is 1.12. The van der Waals surface area contributed by atoms with Crippen LogP contribution in [0.15, 0.2) is 79.4 Å². The van der Waals surface area contributed by atoms with Crippen LogP contribution in [0.2, 0.25) is 0 Å². The van der Waals surface area contributed by atoms with Crippen molar-refractivity contribution in [3.63, 3.8) is 0 Å². The number of likely N-dealkylation sites (tertiary alicyclic amines) is 1. The molecular weight excluding hydrogens is 616 g/mol. The van der Waals surface area contributed by atoms with E-state index in [0.717, 1.165) is 37.6 Å². The number of fused-ring (bicyclic) bond motifs is 1. The Morgan fingerprint density at radius 2 is 1.69 bits per heavy atom. The van der Waals surface area contributed by atoms with Crippen LogP contribution in [-0.2, 0) is 9.59 Å². The highest BCUT2D eigenvalue weighted by atomic mass is 19.1. The molecule has 10 nitrogen and oxygen atoms in total. The summed E-state index contributed by atoms with van der Waals surface area (Å²) in [6, 6.07) is 13.5. The van der Waals surface area contributed by atoms with Crippen LogP contribution in [0.25, 0.3) is 22.2 Å². The van der Waals surface area contributed by atoms with E-state index in [2.05, 4.69) is 33.8 Å². The van der Waals surface area contributed by atoms with Crippen molar-refractivity contribution < 1.29 is 23.1 Å². The third kappa shape index (κ3) is 5.87. The van der Waals surface area contributed by atoms with Crippen LogP contribution < -0.4 is 15.4 Å². The van der Waals surface area contributed by atoms with E-state index in [9.17, 15) is 14.0 Å². The summed E-state index contributed by atoms with van der Waals surface area (Å²) < 4.78 is 37.4. The van der Waals surface area contributed by atoms with Crippen LogP contribution in [0.1, 0.15) is 45.6 Å². The number of pyridine rings is 2. The van der Waals surface area contributed by atoms with Crippen molar-refractivity contribution in [2.45, 2.75) is 51.6 Å². The Hall–Kier alpha value is -5.23. The van der Waals surface area contributed by atoms with Crippen molar-refractivity contribution in [1.29, 1.82) is 0 Å². The number of nitrogens with zero attached hydrogens (tertiary/aromatic N) is 6. The highest BCUT2D eigenvalue weighted by Gasteiger charge is 2.57. The molecule has 0 atom stereocenters. The van der Waals surface area contributed by atoms with Gasteiger partial charge in [0.05, 0.1) is 34.5 Å². The molecule has 1 saturated carbocycles. The molecule has 4 heterocycles. The first-order valence-electron chi connectivity index (χ1n) is 16.0. The van der Waals surface area contributed by atoms with Gasteiger partial charge in [0, 0.05) is 55.0 Å². The second-order valence-corrected chi connectivity index (χ2v) is 12.7. The zero-order valence-electron chi connectivity index (χ0n) is 26.6. The molecule has 2 aromatic carbocycles. The highest BCUT2D eigenvalue weighted by Crippen LogP contribution is 2.49. The smallest absolute Gasteiger partial charge is 0.247 e. The van der Waals surface area contributed by atoms with Crippen LogP contribution in [0, 0.1) is 17.0 Å². The zero-order valence-corrected chi connectivity index (χ0v) is 26.6. The summed E-state index contributed by atoms with van der Waals surface area (Å²) in [6.07, 6.45) is 9.71. The number of primary amides is 1. The van der Waals surface area contributed by atoms with Gasteiger partial charge in [-0.25, -0.2) is 8.78 Å². The zero-order chi connectivity index (χ0) is 33.6. The Labute approximate surface area is 276 Å². The van der Waals surface area contributed by atoms with E-state index >= 15 is 4.39 Å². The Kier molecular flexibility index (Phi) is 8.12. The van der Waals surface area contributed by atoms with E-state index in [4.69, 9.17) is 10.5 Å². The van der Waals surface area contributed by atoms with Crippen molar-refractivity contribution in [1.82, 2.24) is 24.6 Å². The first kappa shape index (κ1) is 31.4. The summed E-state index contributed by atoms with van der Waals surface area (Å²) >= 11 is 0. The van der Waals surface area contributed by atoms with Gasteiger partial charge < -0.3 is 15.4 Å². The molecule has 12 heteroatoms. The number of hydrogen-bond donors (Lipinski definition) is 1. The number of carbonyl (C=O) groups excluding carboxylic acids is 2. The molecule has 0 bridgehead atoms. The molecule has 2 N–H and O–H groups in total. The predicted molar refractivity (Wildman–Crippen MR) is 177 cm³/mol. The number of benzene rings is 2. The Bertz CT molecular complexity index is 2000. The molecule has 1 aliphatic heterocycles. The summed E-state index contributed by atoms with van der Waals surface area (Å²) in [5, 5.41) is 5.22. The maximum Gasteiger partial charge on any atom is 0.247 e. The Morgan fingerprint density at radius 3 is 2.35 bits per heavy atom. The van der Waals surface area contributed by atoms with Crippen LogP contribution >= 0.6 is 0 Å². The molecule has 7 rings (SSSR count). The summed E-state index contributed by atoms with van der Waals surface area (Å²) in [6.45, 7) is 6.54. The number of nitrogens with two attached hydrogens (primary N) is 1. The highest BCUT2D eigenvalue weighted by molar-refractivity contribution is 6.16. The number of amides is 2. The first-order chi connectivity index (χ1) is 23.1. The van der Waals surface area contributed by atoms with Crippen LogP contribution in [0.3, 0.4) is 0 Å². The van der Waals surface area contributed by atoms with E-state index in [1.165, 1.54) is 41.3 Å². The molecule has 0 spiro atoms. The third-order valence-electron chi connectivity index (χ3n) is 9.40. The lowest BCUT2D eigenvalue weighted by Crippen LogP contribution is -2.41. The summed E-state index contributed by atoms with van der Waals surface area (Å²) in [5.41, 5.74) is 6.80. The largest absolute Gasteiger partial charge is 0.453 e. The number of rotatable bonds is 9. The van der Waals surface area contributed by atoms with Crippen molar-refractivity contribution in [2.24, 2.45) is 11.1 Å². The lowest BCUT2D eigenvalue weighted by Gasteiger charge is -2.34. The van der Waals surface area contributed by atoms with E-state index in [0.29, 0.717) is 34.4 Å². The monoisotopic (exact) mass is 651 g/mol. The predicted octanol–water partition coefficient (Wildman–Crippen LogP) is 6.54. The molecule has 2 amide bonds. The van der Waals surface area contributed by atoms with Gasteiger partial charge in [-0.1, -0.05) is 0 Å². The van der Waals surface area contributed by atoms with E-state index in [1.807, 2.05) is 23.1 Å². The molecule has 1 aliphatic carbocycles. The SMILES string of the molecule is CC(C)N1CCC(n2cc(-c3cc4nccc(Oc5ccc(N(C(=O)C6(C(N)=O)CC6)c6ccc(F)cc6)cc5F)c4cn3)cn2)CC1. The molecule has 2 aliphatic rings. The minimum atomic E-state index is -1.38. The summed E-state index contributed by atoms with van der Waals surface area (Å²) in [4.78, 5) is 38.6. The van der Waals surface area contributed by atoms with E-state index < -0.39 is 28.9 Å². The lowest BCUT2D eigenvalue weighted by atomic mass is 10.0. The minimum absolute atomic E-state index is 0.0948. The van der Waals surface area contributed by atoms with Crippen molar-refractivity contribution in [3.8, 4) is 22.8 Å². The number of carbonyl (C=O) groups is 2. The average molecular weight is 652 g/mol. The van der Waals surface area contributed by atoms with Gasteiger partial charge >= 0.3 is 0 Å². The number of aromatic nitrogens is 4. The fraction of sp³-hybridized carbons (Fsp3) is 0.306.